The molecule has 0 saturated carbocycles. The second-order valence-corrected chi connectivity index (χ2v) is 10.1. The summed E-state index contributed by atoms with van der Waals surface area (Å²) in [6.07, 6.45) is 0. The lowest BCUT2D eigenvalue weighted by molar-refractivity contribution is -0.125. The molecule has 0 unspecified atom stereocenters. The predicted molar refractivity (Wildman–Crippen MR) is 127 cm³/mol. The summed E-state index contributed by atoms with van der Waals surface area (Å²) in [5.41, 5.74) is 2.15. The third-order valence-corrected chi connectivity index (χ3v) is 8.06. The van der Waals surface area contributed by atoms with Crippen LogP contribution in [0.3, 0.4) is 0 Å². The Morgan fingerprint density at radius 1 is 1.09 bits per heavy atom. The lowest BCUT2D eigenvalue weighted by Crippen LogP contribution is -2.30. The van der Waals surface area contributed by atoms with Crippen LogP contribution < -0.4 is 4.74 Å². The summed E-state index contributed by atoms with van der Waals surface area (Å²) < 4.78 is 34.6. The summed E-state index contributed by atoms with van der Waals surface area (Å²) in [6, 6.07) is 12.5. The lowest BCUT2D eigenvalue weighted by Gasteiger charge is -2.18. The molecule has 3 aromatic rings. The van der Waals surface area contributed by atoms with Gasteiger partial charge in [0.25, 0.3) is 0 Å². The monoisotopic (exact) mass is 476 g/mol. The van der Waals surface area contributed by atoms with E-state index in [9.17, 15) is 13.2 Å². The van der Waals surface area contributed by atoms with Crippen molar-refractivity contribution in [1.82, 2.24) is 18.8 Å². The van der Waals surface area contributed by atoms with Crippen molar-refractivity contribution in [3.63, 3.8) is 0 Å². The number of fused-ring (bicyclic) bond motifs is 1. The van der Waals surface area contributed by atoms with Crippen LogP contribution in [0.2, 0.25) is 0 Å². The van der Waals surface area contributed by atoms with Crippen LogP contribution in [-0.2, 0) is 14.8 Å². The molecule has 0 bridgehead atoms. The van der Waals surface area contributed by atoms with Gasteiger partial charge in [-0.15, -0.1) is 0 Å². The van der Waals surface area contributed by atoms with E-state index >= 15 is 0 Å². The Morgan fingerprint density at radius 3 is 2.31 bits per heavy atom. The molecule has 3 rings (SSSR count). The lowest BCUT2D eigenvalue weighted by atomic mass is 10.2. The second kappa shape index (κ2) is 9.93. The molecule has 0 aliphatic rings. The molecule has 0 fully saturated rings. The Balaban J connectivity index is 2.13. The number of aromatic nitrogens is 2. The molecule has 0 radical (unpaired) electrons. The van der Waals surface area contributed by atoms with Crippen molar-refractivity contribution in [1.29, 1.82) is 0 Å². The maximum absolute atomic E-state index is 13.0. The molecule has 10 heteroatoms. The highest BCUT2D eigenvalue weighted by atomic mass is 32.2. The number of hydrogen-bond donors (Lipinski definition) is 0. The van der Waals surface area contributed by atoms with Crippen molar-refractivity contribution in [2.45, 2.75) is 23.9 Å². The smallest absolute Gasteiger partial charge is 0.243 e. The third kappa shape index (κ3) is 4.77. The summed E-state index contributed by atoms with van der Waals surface area (Å²) in [4.78, 5) is 18.6. The fourth-order valence-corrected chi connectivity index (χ4v) is 5.73. The van der Waals surface area contributed by atoms with Crippen molar-refractivity contribution in [2.24, 2.45) is 0 Å². The van der Waals surface area contributed by atoms with E-state index in [4.69, 9.17) is 4.74 Å². The maximum atomic E-state index is 13.0. The van der Waals surface area contributed by atoms with Crippen molar-refractivity contribution >= 4 is 38.7 Å². The number of amides is 1. The van der Waals surface area contributed by atoms with Crippen LogP contribution in [0.4, 0.5) is 0 Å². The number of sulfonamides is 1. The number of hydrogen-bond acceptors (Lipinski definition) is 6. The number of methoxy groups -OCH3 is 1. The molecule has 172 valence electrons. The highest BCUT2D eigenvalue weighted by molar-refractivity contribution is 7.99. The van der Waals surface area contributed by atoms with Crippen LogP contribution in [0, 0.1) is 0 Å². The van der Waals surface area contributed by atoms with E-state index in [-0.39, 0.29) is 16.6 Å². The Hall–Kier alpha value is -2.56. The minimum absolute atomic E-state index is 0.0341. The molecule has 8 nitrogen and oxygen atoms in total. The van der Waals surface area contributed by atoms with Crippen LogP contribution in [0.1, 0.15) is 13.8 Å². The maximum Gasteiger partial charge on any atom is 0.243 e. The van der Waals surface area contributed by atoms with Crippen LogP contribution >= 0.6 is 11.8 Å². The first-order chi connectivity index (χ1) is 15.2. The summed E-state index contributed by atoms with van der Waals surface area (Å²) in [5, 5.41) is 0.609. The molecule has 1 heterocycles. The molecule has 0 aliphatic heterocycles. The number of nitrogens with zero attached hydrogens (tertiary/aromatic N) is 4. The quantitative estimate of drug-likeness (QED) is 0.441. The average molecular weight is 477 g/mol. The normalized spacial score (nSPS) is 11.8. The predicted octanol–water partition coefficient (Wildman–Crippen LogP) is 3.24. The fraction of sp³-hybridized carbons (Fsp3) is 0.364. The van der Waals surface area contributed by atoms with Gasteiger partial charge in [0.2, 0.25) is 15.9 Å². The number of rotatable bonds is 9. The zero-order valence-electron chi connectivity index (χ0n) is 18.9. The number of thioether (sulfide) groups is 1. The van der Waals surface area contributed by atoms with E-state index in [1.54, 1.807) is 39.4 Å². The highest BCUT2D eigenvalue weighted by Gasteiger charge is 2.23. The van der Waals surface area contributed by atoms with E-state index in [0.717, 1.165) is 17.0 Å². The van der Waals surface area contributed by atoms with Gasteiger partial charge in [-0.05, 0) is 42.5 Å². The third-order valence-electron chi connectivity index (χ3n) is 5.09. The van der Waals surface area contributed by atoms with Crippen LogP contribution in [0.5, 0.6) is 5.75 Å². The van der Waals surface area contributed by atoms with Gasteiger partial charge >= 0.3 is 0 Å². The zero-order valence-corrected chi connectivity index (χ0v) is 20.5. The van der Waals surface area contributed by atoms with Gasteiger partial charge in [-0.3, -0.25) is 9.36 Å². The number of benzene rings is 2. The topological polar surface area (TPSA) is 84.7 Å². The molecule has 2 aromatic carbocycles. The number of carbonyl (C=O) groups excluding carboxylic acids is 1. The number of carbonyl (C=O) groups is 1. The molecule has 0 atom stereocenters. The SMILES string of the molecule is CCN(CC)S(=O)(=O)c1ccc2c(c1)nc(SCC(=O)N(C)C)n2-c1ccc(OC)cc1. The largest absolute Gasteiger partial charge is 0.497 e. The van der Waals surface area contributed by atoms with Crippen LogP contribution in [-0.4, -0.2) is 73.1 Å². The van der Waals surface area contributed by atoms with Gasteiger partial charge in [0, 0.05) is 32.9 Å². The first kappa shape index (κ1) is 24.1. The molecular formula is C22H28N4O4S2. The van der Waals surface area contributed by atoms with Gasteiger partial charge in [-0.25, -0.2) is 13.4 Å². The van der Waals surface area contributed by atoms with E-state index < -0.39 is 10.0 Å². The summed E-state index contributed by atoms with van der Waals surface area (Å²) in [6.45, 7) is 4.42. The van der Waals surface area contributed by atoms with Crippen molar-refractivity contribution in [3.8, 4) is 11.4 Å². The second-order valence-electron chi connectivity index (χ2n) is 7.24. The molecule has 0 aliphatic carbocycles. The molecule has 32 heavy (non-hydrogen) atoms. The Labute approximate surface area is 193 Å². The first-order valence-corrected chi connectivity index (χ1v) is 12.7. The standard InChI is InChI=1S/C22H28N4O4S2/c1-6-25(7-2)32(28,29)18-12-13-20-19(14-18)23-22(31-15-21(27)24(3)4)26(20)16-8-10-17(30-5)11-9-16/h8-14H,6-7,15H2,1-5H3. The van der Waals surface area contributed by atoms with E-state index in [0.29, 0.717) is 23.8 Å². The van der Waals surface area contributed by atoms with Crippen LogP contribution in [0.25, 0.3) is 16.7 Å². The van der Waals surface area contributed by atoms with Crippen molar-refractivity contribution in [2.75, 3.05) is 40.0 Å². The molecule has 0 N–H and O–H groups in total. The minimum Gasteiger partial charge on any atom is -0.497 e. The number of ether oxygens (including phenoxy) is 1. The van der Waals surface area contributed by atoms with Gasteiger partial charge in [0.15, 0.2) is 5.16 Å². The first-order valence-electron chi connectivity index (χ1n) is 10.2. The van der Waals surface area contributed by atoms with Gasteiger partial charge in [0.1, 0.15) is 5.75 Å². The van der Waals surface area contributed by atoms with E-state index in [1.807, 2.05) is 42.7 Å². The van der Waals surface area contributed by atoms with Crippen molar-refractivity contribution < 1.29 is 17.9 Å². The Kier molecular flexibility index (Phi) is 7.47. The summed E-state index contributed by atoms with van der Waals surface area (Å²) in [7, 11) is 1.41. The Morgan fingerprint density at radius 2 is 1.75 bits per heavy atom. The van der Waals surface area contributed by atoms with Crippen molar-refractivity contribution in [3.05, 3.63) is 42.5 Å². The number of imidazole rings is 1. The van der Waals surface area contributed by atoms with Gasteiger partial charge in [-0.2, -0.15) is 4.31 Å². The Bertz CT molecular complexity index is 1200. The molecule has 1 amide bonds. The molecule has 0 spiro atoms. The minimum atomic E-state index is -3.61. The van der Waals surface area contributed by atoms with Crippen LogP contribution in [0.15, 0.2) is 52.5 Å². The van der Waals surface area contributed by atoms with Gasteiger partial charge in [0.05, 0.1) is 28.8 Å². The van der Waals surface area contributed by atoms with Gasteiger partial charge < -0.3 is 9.64 Å². The molecule has 1 aromatic heterocycles. The average Bonchev–Trinajstić information content (AvgIpc) is 3.15. The van der Waals surface area contributed by atoms with E-state index in [1.165, 1.54) is 21.0 Å². The van der Waals surface area contributed by atoms with E-state index in [2.05, 4.69) is 4.98 Å². The molecule has 0 saturated heterocycles. The summed E-state index contributed by atoms with van der Waals surface area (Å²) >= 11 is 1.31. The fourth-order valence-electron chi connectivity index (χ4n) is 3.24. The summed E-state index contributed by atoms with van der Waals surface area (Å²) in [5.74, 6) is 0.910. The zero-order chi connectivity index (χ0) is 23.5. The molecular weight excluding hydrogens is 448 g/mol. The highest BCUT2D eigenvalue weighted by Crippen LogP contribution is 2.31. The van der Waals surface area contributed by atoms with Gasteiger partial charge in [-0.1, -0.05) is 25.6 Å².